The number of aliphatic hydroxyl groups excluding tert-OH is 5. The zero-order chi connectivity index (χ0) is 16.2. The Morgan fingerprint density at radius 3 is 1.95 bits per heavy atom. The number of rotatable bonds is 7. The van der Waals surface area contributed by atoms with Gasteiger partial charge in [-0.05, 0) is 24.3 Å². The second-order valence-corrected chi connectivity index (χ2v) is 4.42. The van der Waals surface area contributed by atoms with Crippen LogP contribution in [0.5, 0.6) is 5.75 Å². The smallest absolute Gasteiger partial charge is 0.234 e. The second kappa shape index (κ2) is 7.25. The van der Waals surface area contributed by atoms with Gasteiger partial charge in [0.15, 0.2) is 0 Å². The molecule has 8 heteroatoms. The van der Waals surface area contributed by atoms with Crippen LogP contribution in [0.25, 0.3) is 0 Å². The molecular formula is C13H16O8. The number of Topliss-reactive ketones (excluding diaryl/α,β-unsaturated/α-hetero) is 2. The van der Waals surface area contributed by atoms with Crippen molar-refractivity contribution in [1.82, 2.24) is 0 Å². The molecule has 8 nitrogen and oxygen atoms in total. The van der Waals surface area contributed by atoms with Crippen molar-refractivity contribution in [2.75, 3.05) is 6.61 Å². The number of ketones is 2. The lowest BCUT2D eigenvalue weighted by Gasteiger charge is -2.24. The molecule has 0 bridgehead atoms. The molecule has 0 amide bonds. The third-order valence-electron chi connectivity index (χ3n) is 2.88. The third-order valence-corrected chi connectivity index (χ3v) is 2.88. The molecule has 0 aliphatic heterocycles. The quantitative estimate of drug-likeness (QED) is 0.240. The molecule has 0 heterocycles. The average molecular weight is 300 g/mol. The van der Waals surface area contributed by atoms with E-state index in [-0.39, 0.29) is 11.3 Å². The summed E-state index contributed by atoms with van der Waals surface area (Å²) < 4.78 is 0. The maximum Gasteiger partial charge on any atom is 0.234 e. The number of benzene rings is 1. The lowest BCUT2D eigenvalue weighted by Crippen LogP contribution is -2.50. The summed E-state index contributed by atoms with van der Waals surface area (Å²) in [6.45, 7) is -0.898. The van der Waals surface area contributed by atoms with Crippen molar-refractivity contribution in [1.29, 1.82) is 0 Å². The Balaban J connectivity index is 2.82. The number of aliphatic hydroxyl groups is 5. The molecule has 21 heavy (non-hydrogen) atoms. The lowest BCUT2D eigenvalue weighted by atomic mass is 9.96. The SMILES string of the molecule is O=C(C(=O)[C@@H](O)[C@H](O)[C@@H](O)[C@@H](O)CO)c1ccc(O)cc1. The van der Waals surface area contributed by atoms with Crippen LogP contribution in [0, 0.1) is 0 Å². The Labute approximate surface area is 119 Å². The number of carbonyl (C=O) groups excluding carboxylic acids is 2. The highest BCUT2D eigenvalue weighted by molar-refractivity contribution is 6.45. The van der Waals surface area contributed by atoms with Crippen molar-refractivity contribution in [3.8, 4) is 5.75 Å². The van der Waals surface area contributed by atoms with Crippen LogP contribution < -0.4 is 0 Å². The van der Waals surface area contributed by atoms with Crippen molar-refractivity contribution < 1.29 is 40.2 Å². The van der Waals surface area contributed by atoms with E-state index < -0.39 is 42.6 Å². The lowest BCUT2D eigenvalue weighted by molar-refractivity contribution is -0.142. The van der Waals surface area contributed by atoms with Crippen LogP contribution in [0.15, 0.2) is 24.3 Å². The second-order valence-electron chi connectivity index (χ2n) is 4.42. The Kier molecular flexibility index (Phi) is 5.94. The standard InChI is InChI=1S/C13H16O8/c14-5-8(16)10(18)12(20)13(21)11(19)9(17)6-1-3-7(15)4-2-6/h1-4,8,10,12-16,18,20-21H,5H2/t8-,10-,12+,13+/m0/s1. The summed E-state index contributed by atoms with van der Waals surface area (Å²) in [5.41, 5.74) is -0.124. The molecule has 0 unspecified atom stereocenters. The van der Waals surface area contributed by atoms with Crippen LogP contribution in [0.1, 0.15) is 10.4 Å². The van der Waals surface area contributed by atoms with E-state index in [2.05, 4.69) is 0 Å². The topological polar surface area (TPSA) is 156 Å². The fourth-order valence-electron chi connectivity index (χ4n) is 1.57. The zero-order valence-electron chi connectivity index (χ0n) is 10.8. The molecule has 1 aromatic rings. The van der Waals surface area contributed by atoms with Gasteiger partial charge in [0, 0.05) is 5.56 Å². The zero-order valence-corrected chi connectivity index (χ0v) is 10.8. The van der Waals surface area contributed by atoms with E-state index in [0.717, 1.165) is 24.3 Å². The van der Waals surface area contributed by atoms with Crippen molar-refractivity contribution in [3.05, 3.63) is 29.8 Å². The maximum absolute atomic E-state index is 11.8. The van der Waals surface area contributed by atoms with Crippen LogP contribution >= 0.6 is 0 Å². The van der Waals surface area contributed by atoms with Gasteiger partial charge in [0.2, 0.25) is 11.6 Å². The summed E-state index contributed by atoms with van der Waals surface area (Å²) in [6.07, 6.45) is -8.17. The predicted molar refractivity (Wildman–Crippen MR) is 68.6 cm³/mol. The molecule has 4 atom stereocenters. The normalized spacial score (nSPS) is 16.8. The first-order valence-corrected chi connectivity index (χ1v) is 6.00. The molecule has 0 saturated heterocycles. The first kappa shape index (κ1) is 17.2. The highest BCUT2D eigenvalue weighted by atomic mass is 16.4. The highest BCUT2D eigenvalue weighted by Gasteiger charge is 2.37. The van der Waals surface area contributed by atoms with Crippen molar-refractivity contribution in [2.24, 2.45) is 0 Å². The third kappa shape index (κ3) is 4.06. The number of phenolic OH excluding ortho intramolecular Hbond substituents is 1. The monoisotopic (exact) mass is 300 g/mol. The van der Waals surface area contributed by atoms with Crippen LogP contribution in [0.3, 0.4) is 0 Å². The minimum Gasteiger partial charge on any atom is -0.508 e. The summed E-state index contributed by atoms with van der Waals surface area (Å²) in [5.74, 6) is -2.65. The van der Waals surface area contributed by atoms with E-state index in [9.17, 15) is 24.9 Å². The Hall–Kier alpha value is -1.84. The molecule has 0 radical (unpaired) electrons. The van der Waals surface area contributed by atoms with Gasteiger partial charge in [0.25, 0.3) is 0 Å². The van der Waals surface area contributed by atoms with E-state index in [1.165, 1.54) is 0 Å². The molecule has 0 fully saturated rings. The van der Waals surface area contributed by atoms with Crippen molar-refractivity contribution >= 4 is 11.6 Å². The van der Waals surface area contributed by atoms with E-state index in [0.29, 0.717) is 0 Å². The van der Waals surface area contributed by atoms with Crippen molar-refractivity contribution in [3.63, 3.8) is 0 Å². The van der Waals surface area contributed by atoms with Gasteiger partial charge in [0.05, 0.1) is 6.61 Å². The molecule has 0 saturated carbocycles. The first-order chi connectivity index (χ1) is 9.79. The van der Waals surface area contributed by atoms with E-state index in [1.807, 2.05) is 0 Å². The molecule has 0 spiro atoms. The van der Waals surface area contributed by atoms with Crippen LogP contribution in [-0.4, -0.2) is 73.2 Å². The molecular weight excluding hydrogens is 284 g/mol. The van der Waals surface area contributed by atoms with Gasteiger partial charge in [-0.1, -0.05) is 0 Å². The van der Waals surface area contributed by atoms with E-state index >= 15 is 0 Å². The number of phenols is 1. The van der Waals surface area contributed by atoms with E-state index in [1.54, 1.807) is 0 Å². The maximum atomic E-state index is 11.8. The number of aromatic hydroxyl groups is 1. The number of hydrogen-bond acceptors (Lipinski definition) is 8. The summed E-state index contributed by atoms with van der Waals surface area (Å²) >= 11 is 0. The summed E-state index contributed by atoms with van der Waals surface area (Å²) in [5, 5.41) is 55.2. The number of hydrogen-bond donors (Lipinski definition) is 6. The van der Waals surface area contributed by atoms with Crippen LogP contribution in [0.4, 0.5) is 0 Å². The number of carbonyl (C=O) groups is 2. The van der Waals surface area contributed by atoms with Gasteiger partial charge in [-0.15, -0.1) is 0 Å². The molecule has 116 valence electrons. The minimum atomic E-state index is -2.26. The van der Waals surface area contributed by atoms with Crippen LogP contribution in [-0.2, 0) is 4.79 Å². The largest absolute Gasteiger partial charge is 0.508 e. The summed E-state index contributed by atoms with van der Waals surface area (Å²) in [7, 11) is 0. The fourth-order valence-corrected chi connectivity index (χ4v) is 1.57. The average Bonchev–Trinajstić information content (AvgIpc) is 2.51. The Morgan fingerprint density at radius 2 is 1.48 bits per heavy atom. The molecule has 1 aromatic carbocycles. The molecule has 0 aliphatic carbocycles. The van der Waals surface area contributed by atoms with Gasteiger partial charge in [-0.2, -0.15) is 0 Å². The molecule has 1 rings (SSSR count). The van der Waals surface area contributed by atoms with Gasteiger partial charge in [-0.3, -0.25) is 9.59 Å². The molecule has 0 aromatic heterocycles. The van der Waals surface area contributed by atoms with Gasteiger partial charge >= 0.3 is 0 Å². The Bertz CT molecular complexity index is 497. The van der Waals surface area contributed by atoms with Gasteiger partial charge < -0.3 is 30.6 Å². The van der Waals surface area contributed by atoms with Gasteiger partial charge in [-0.25, -0.2) is 0 Å². The van der Waals surface area contributed by atoms with Crippen molar-refractivity contribution in [2.45, 2.75) is 24.4 Å². The summed E-state index contributed by atoms with van der Waals surface area (Å²) in [4.78, 5) is 23.5. The Morgan fingerprint density at radius 1 is 0.952 bits per heavy atom. The molecule has 0 aliphatic rings. The fraction of sp³-hybridized carbons (Fsp3) is 0.385. The van der Waals surface area contributed by atoms with Crippen LogP contribution in [0.2, 0.25) is 0 Å². The first-order valence-electron chi connectivity index (χ1n) is 6.00. The molecule has 6 N–H and O–H groups in total. The van der Waals surface area contributed by atoms with Gasteiger partial charge in [0.1, 0.15) is 30.2 Å². The predicted octanol–water partition coefficient (Wildman–Crippen LogP) is -2.42. The highest BCUT2D eigenvalue weighted by Crippen LogP contribution is 2.13. The summed E-state index contributed by atoms with van der Waals surface area (Å²) in [6, 6.07) is 4.61. The minimum absolute atomic E-state index is 0.124. The van der Waals surface area contributed by atoms with E-state index in [4.69, 9.17) is 15.3 Å².